The summed E-state index contributed by atoms with van der Waals surface area (Å²) in [6.45, 7) is 1.47. The molecule has 10 heteroatoms. The average molecular weight is 565 g/mol. The van der Waals surface area contributed by atoms with E-state index in [4.69, 9.17) is 28.4 Å². The standard InChI is InChI=1S/C31H32O10/c1-17(37-29(33)19-4-10-23(11-5-19)39-31(35)21-7-13-25-27(15-21)41-25)16-36-28(32)18-2-8-22(9-3-18)38-30(34)20-6-12-24-26(14-20)40-24/h2-5,8-11,17,20-21,24-27H,6-7,12-16H2,1H3. The molecule has 41 heavy (non-hydrogen) atoms. The van der Waals surface area contributed by atoms with Crippen LogP contribution >= 0.6 is 0 Å². The second-order valence-electron chi connectivity index (χ2n) is 11.2. The minimum atomic E-state index is -0.700. The minimum Gasteiger partial charge on any atom is -0.458 e. The van der Waals surface area contributed by atoms with Crippen molar-refractivity contribution in [2.75, 3.05) is 6.61 Å². The van der Waals surface area contributed by atoms with Crippen molar-refractivity contribution in [1.82, 2.24) is 0 Å². The van der Waals surface area contributed by atoms with E-state index >= 15 is 0 Å². The molecule has 2 aromatic rings. The van der Waals surface area contributed by atoms with Gasteiger partial charge in [0.25, 0.3) is 0 Å². The van der Waals surface area contributed by atoms with Crippen LogP contribution in [0.4, 0.5) is 0 Å². The van der Waals surface area contributed by atoms with E-state index in [1.807, 2.05) is 0 Å². The Balaban J connectivity index is 0.915. The number of fused-ring (bicyclic) bond motifs is 2. The molecule has 216 valence electrons. The molecule has 7 unspecified atom stereocenters. The first-order chi connectivity index (χ1) is 19.8. The maximum Gasteiger partial charge on any atom is 0.338 e. The molecule has 2 heterocycles. The van der Waals surface area contributed by atoms with Gasteiger partial charge in [-0.25, -0.2) is 9.59 Å². The minimum absolute atomic E-state index is 0.143. The fourth-order valence-electron chi connectivity index (χ4n) is 5.51. The molecular formula is C31H32O10. The van der Waals surface area contributed by atoms with Gasteiger partial charge in [0.1, 0.15) is 24.2 Å². The van der Waals surface area contributed by atoms with Crippen LogP contribution in [0, 0.1) is 11.8 Å². The number of carbonyl (C=O) groups is 4. The molecule has 2 saturated carbocycles. The summed E-state index contributed by atoms with van der Waals surface area (Å²) in [5.41, 5.74) is 0.552. The molecule has 0 N–H and O–H groups in total. The van der Waals surface area contributed by atoms with Crippen LogP contribution in [0.15, 0.2) is 48.5 Å². The zero-order valence-corrected chi connectivity index (χ0v) is 22.7. The Morgan fingerprint density at radius 3 is 1.61 bits per heavy atom. The molecule has 0 amide bonds. The van der Waals surface area contributed by atoms with Gasteiger partial charge in [0.05, 0.1) is 47.4 Å². The lowest BCUT2D eigenvalue weighted by Gasteiger charge is -2.17. The van der Waals surface area contributed by atoms with Crippen LogP contribution in [0.5, 0.6) is 11.5 Å². The zero-order chi connectivity index (χ0) is 28.5. The van der Waals surface area contributed by atoms with Crippen molar-refractivity contribution in [1.29, 1.82) is 0 Å². The lowest BCUT2D eigenvalue weighted by Crippen LogP contribution is -2.26. The Bertz CT molecular complexity index is 1300. The van der Waals surface area contributed by atoms with Crippen LogP contribution < -0.4 is 9.47 Å². The van der Waals surface area contributed by atoms with Gasteiger partial charge in [-0.15, -0.1) is 0 Å². The van der Waals surface area contributed by atoms with Crippen molar-refractivity contribution in [3.05, 3.63) is 59.7 Å². The summed E-state index contributed by atoms with van der Waals surface area (Å²) >= 11 is 0. The smallest absolute Gasteiger partial charge is 0.338 e. The van der Waals surface area contributed by atoms with Gasteiger partial charge in [-0.2, -0.15) is 0 Å². The molecule has 2 aromatic carbocycles. The van der Waals surface area contributed by atoms with Gasteiger partial charge in [0.15, 0.2) is 0 Å². The molecular weight excluding hydrogens is 532 g/mol. The van der Waals surface area contributed by atoms with Crippen LogP contribution in [-0.4, -0.2) is 61.0 Å². The summed E-state index contributed by atoms with van der Waals surface area (Å²) in [7, 11) is 0. The van der Waals surface area contributed by atoms with Crippen LogP contribution in [0.1, 0.15) is 66.2 Å². The Morgan fingerprint density at radius 1 is 0.683 bits per heavy atom. The summed E-state index contributed by atoms with van der Waals surface area (Å²) in [4.78, 5) is 49.8. The number of benzene rings is 2. The van der Waals surface area contributed by atoms with Crippen molar-refractivity contribution < 1.29 is 47.6 Å². The third-order valence-electron chi connectivity index (χ3n) is 8.05. The monoisotopic (exact) mass is 564 g/mol. The number of ether oxygens (including phenoxy) is 6. The van der Waals surface area contributed by atoms with Gasteiger partial charge < -0.3 is 28.4 Å². The van der Waals surface area contributed by atoms with Crippen LogP contribution in [0.25, 0.3) is 0 Å². The van der Waals surface area contributed by atoms with Gasteiger partial charge in [0, 0.05) is 0 Å². The van der Waals surface area contributed by atoms with E-state index in [9.17, 15) is 19.2 Å². The second kappa shape index (κ2) is 11.6. The highest BCUT2D eigenvalue weighted by Crippen LogP contribution is 2.40. The van der Waals surface area contributed by atoms with E-state index in [1.54, 1.807) is 31.2 Å². The van der Waals surface area contributed by atoms with Gasteiger partial charge >= 0.3 is 23.9 Å². The molecule has 10 nitrogen and oxygen atoms in total. The maximum absolute atomic E-state index is 12.5. The fourth-order valence-corrected chi connectivity index (χ4v) is 5.51. The first-order valence-corrected chi connectivity index (χ1v) is 14.1. The molecule has 7 atom stereocenters. The molecule has 0 radical (unpaired) electrons. The zero-order valence-electron chi connectivity index (χ0n) is 22.7. The number of hydrogen-bond donors (Lipinski definition) is 0. The van der Waals surface area contributed by atoms with Crippen LogP contribution in [0.3, 0.4) is 0 Å². The van der Waals surface area contributed by atoms with E-state index in [1.165, 1.54) is 24.3 Å². The second-order valence-corrected chi connectivity index (χ2v) is 11.2. The predicted octanol–water partition coefficient (Wildman–Crippen LogP) is 4.03. The Morgan fingerprint density at radius 2 is 1.15 bits per heavy atom. The van der Waals surface area contributed by atoms with Gasteiger partial charge in [-0.1, -0.05) is 0 Å². The van der Waals surface area contributed by atoms with Gasteiger partial charge in [0.2, 0.25) is 0 Å². The summed E-state index contributed by atoms with van der Waals surface area (Å²) in [6, 6.07) is 12.3. The van der Waals surface area contributed by atoms with E-state index in [2.05, 4.69) is 0 Å². The van der Waals surface area contributed by atoms with Crippen LogP contribution in [-0.2, 0) is 28.5 Å². The lowest BCUT2D eigenvalue weighted by molar-refractivity contribution is -0.140. The lowest BCUT2D eigenvalue weighted by atomic mass is 9.89. The molecule has 2 aliphatic heterocycles. The van der Waals surface area contributed by atoms with Gasteiger partial charge in [-0.05, 0) is 94.0 Å². The summed E-state index contributed by atoms with van der Waals surface area (Å²) < 4.78 is 32.5. The summed E-state index contributed by atoms with van der Waals surface area (Å²) in [5, 5.41) is 0. The largest absolute Gasteiger partial charge is 0.458 e. The van der Waals surface area contributed by atoms with Crippen molar-refractivity contribution >= 4 is 23.9 Å². The van der Waals surface area contributed by atoms with Crippen molar-refractivity contribution in [2.24, 2.45) is 11.8 Å². The predicted molar refractivity (Wildman–Crippen MR) is 141 cm³/mol. The quantitative estimate of drug-likeness (QED) is 0.250. The van der Waals surface area contributed by atoms with E-state index in [0.717, 1.165) is 25.7 Å². The Labute approximate surface area is 237 Å². The number of hydrogen-bond acceptors (Lipinski definition) is 10. The van der Waals surface area contributed by atoms with Crippen LogP contribution in [0.2, 0.25) is 0 Å². The molecule has 0 bridgehead atoms. The van der Waals surface area contributed by atoms with Crippen molar-refractivity contribution in [2.45, 2.75) is 76.0 Å². The van der Waals surface area contributed by atoms with Gasteiger partial charge in [-0.3, -0.25) is 9.59 Å². The highest BCUT2D eigenvalue weighted by atomic mass is 16.6. The number of epoxide rings is 2. The third-order valence-corrected chi connectivity index (χ3v) is 8.05. The number of rotatable bonds is 9. The number of esters is 4. The highest BCUT2D eigenvalue weighted by Gasteiger charge is 2.47. The highest BCUT2D eigenvalue weighted by molar-refractivity contribution is 5.90. The topological polar surface area (TPSA) is 130 Å². The molecule has 0 spiro atoms. The number of carbonyl (C=O) groups excluding carboxylic acids is 4. The molecule has 2 saturated heterocycles. The van der Waals surface area contributed by atoms with Crippen molar-refractivity contribution in [3.8, 4) is 11.5 Å². The average Bonchev–Trinajstić information content (AvgIpc) is 3.90. The van der Waals surface area contributed by atoms with E-state index in [-0.39, 0.29) is 53.7 Å². The molecule has 6 rings (SSSR count). The molecule has 4 aliphatic rings. The van der Waals surface area contributed by atoms with Crippen molar-refractivity contribution in [3.63, 3.8) is 0 Å². The normalized spacial score (nSPS) is 28.2. The first-order valence-electron chi connectivity index (χ1n) is 14.1. The maximum atomic E-state index is 12.5. The molecule has 2 aliphatic carbocycles. The summed E-state index contributed by atoms with van der Waals surface area (Å²) in [5.74, 6) is -1.39. The molecule has 0 aromatic heterocycles. The third kappa shape index (κ3) is 6.77. The van der Waals surface area contributed by atoms with E-state index < -0.39 is 18.0 Å². The molecule has 4 fully saturated rings. The Kier molecular flexibility index (Phi) is 7.77. The van der Waals surface area contributed by atoms with E-state index in [0.29, 0.717) is 36.5 Å². The SMILES string of the molecule is CC(COC(=O)c1ccc(OC(=O)C2CCC3OC3C2)cc1)OC(=O)c1ccc(OC(=O)C2CCC3OC3C2)cc1. The first kappa shape index (κ1) is 27.4. The fraction of sp³-hybridized carbons (Fsp3) is 0.484. The Hall–Kier alpha value is -3.76. The summed E-state index contributed by atoms with van der Waals surface area (Å²) in [6.07, 6.45) is 4.94.